The van der Waals surface area contributed by atoms with Crippen LogP contribution in [0.2, 0.25) is 15.1 Å². The van der Waals surface area contributed by atoms with Crippen LogP contribution in [0.15, 0.2) is 113 Å². The van der Waals surface area contributed by atoms with Crippen LogP contribution in [0.3, 0.4) is 0 Å². The minimum Gasteiger partial charge on any atom is -0.490 e. The number of hydrogen-bond donors (Lipinski definition) is 3. The number of aromatic nitrogens is 1. The molecule has 1 atom stereocenters. The van der Waals surface area contributed by atoms with Crippen molar-refractivity contribution >= 4 is 65.8 Å². The second-order valence-electron chi connectivity index (χ2n) is 9.03. The van der Waals surface area contributed by atoms with E-state index in [1.165, 1.54) is 18.2 Å². The maximum Gasteiger partial charge on any atom is 0.296 e. The van der Waals surface area contributed by atoms with E-state index in [0.717, 1.165) is 6.07 Å². The van der Waals surface area contributed by atoms with Crippen molar-refractivity contribution in [2.24, 2.45) is 0 Å². The van der Waals surface area contributed by atoms with Gasteiger partial charge in [0.15, 0.2) is 5.60 Å². The lowest BCUT2D eigenvalue weighted by atomic mass is 9.88. The molecule has 9 nitrogen and oxygen atoms in total. The highest BCUT2D eigenvalue weighted by Gasteiger charge is 2.35. The summed E-state index contributed by atoms with van der Waals surface area (Å²) in [7, 11) is -9.53. The molecule has 0 aliphatic rings. The molecule has 5 aromatic rings. The van der Waals surface area contributed by atoms with Crippen molar-refractivity contribution in [2.75, 3.05) is 6.61 Å². The Balaban J connectivity index is 0.000000208. The highest BCUT2D eigenvalue weighted by Crippen LogP contribution is 2.36. The van der Waals surface area contributed by atoms with Crippen LogP contribution < -0.4 is 4.74 Å². The van der Waals surface area contributed by atoms with Gasteiger partial charge in [-0.1, -0.05) is 77.3 Å². The molecule has 0 amide bonds. The highest BCUT2D eigenvalue weighted by atomic mass is 35.5. The maximum absolute atomic E-state index is 11.4. The summed E-state index contributed by atoms with van der Waals surface area (Å²) in [6.45, 7) is -0.0539. The molecule has 224 valence electrons. The van der Waals surface area contributed by atoms with Crippen LogP contribution in [0.4, 0.5) is 0 Å². The summed E-state index contributed by atoms with van der Waals surface area (Å²) >= 11 is 18.2. The average molecular weight is 683 g/mol. The van der Waals surface area contributed by atoms with Gasteiger partial charge in [-0.2, -0.15) is 16.8 Å². The molecule has 4 aromatic carbocycles. The first-order valence-corrected chi connectivity index (χ1v) is 16.1. The van der Waals surface area contributed by atoms with Gasteiger partial charge < -0.3 is 9.84 Å². The number of fused-ring (bicyclic) bond motifs is 1. The molecule has 0 saturated heterocycles. The molecule has 14 heteroatoms. The van der Waals surface area contributed by atoms with E-state index in [4.69, 9.17) is 48.6 Å². The van der Waals surface area contributed by atoms with E-state index in [9.17, 15) is 21.9 Å². The molecule has 5 rings (SSSR count). The summed E-state index contributed by atoms with van der Waals surface area (Å²) < 4.78 is 68.7. The normalized spacial score (nSPS) is 13.1. The summed E-state index contributed by atoms with van der Waals surface area (Å²) in [6.07, 6.45) is 3.21. The molecule has 43 heavy (non-hydrogen) atoms. The lowest BCUT2D eigenvalue weighted by Crippen LogP contribution is -2.35. The number of hydrogen-bond acceptors (Lipinski definition) is 7. The van der Waals surface area contributed by atoms with E-state index in [1.807, 2.05) is 0 Å². The van der Waals surface area contributed by atoms with Gasteiger partial charge in [-0.25, -0.2) is 0 Å². The largest absolute Gasteiger partial charge is 0.490 e. The first-order valence-electron chi connectivity index (χ1n) is 12.1. The van der Waals surface area contributed by atoms with Crippen molar-refractivity contribution in [3.8, 4) is 5.75 Å². The molecule has 1 unspecified atom stereocenters. The minimum atomic E-state index is -4.78. The molecular formula is C29H22Cl3NO8S2. The number of pyridine rings is 1. The van der Waals surface area contributed by atoms with Gasteiger partial charge in [0.1, 0.15) is 22.1 Å². The summed E-state index contributed by atoms with van der Waals surface area (Å²) in [5, 5.41) is 13.3. The fraction of sp³-hybridized carbons (Fsp3) is 0.0690. The van der Waals surface area contributed by atoms with Gasteiger partial charge in [-0.15, -0.1) is 0 Å². The smallest absolute Gasteiger partial charge is 0.296 e. The molecule has 0 fully saturated rings. The Kier molecular flexibility index (Phi) is 10.00. The van der Waals surface area contributed by atoms with E-state index in [2.05, 4.69) is 4.98 Å². The van der Waals surface area contributed by atoms with Crippen molar-refractivity contribution in [1.82, 2.24) is 4.98 Å². The van der Waals surface area contributed by atoms with Crippen molar-refractivity contribution in [3.63, 3.8) is 0 Å². The molecule has 0 bridgehead atoms. The molecule has 3 N–H and O–H groups in total. The van der Waals surface area contributed by atoms with Crippen molar-refractivity contribution < 1.29 is 35.8 Å². The number of rotatable bonds is 7. The Morgan fingerprint density at radius 2 is 1.44 bits per heavy atom. The van der Waals surface area contributed by atoms with Crippen LogP contribution in [0.25, 0.3) is 10.8 Å². The average Bonchev–Trinajstić information content (AvgIpc) is 2.96. The van der Waals surface area contributed by atoms with Crippen LogP contribution in [0, 0.1) is 0 Å². The highest BCUT2D eigenvalue weighted by molar-refractivity contribution is 7.89. The minimum absolute atomic E-state index is 0.0233. The third-order valence-corrected chi connectivity index (χ3v) is 8.94. The lowest BCUT2D eigenvalue weighted by molar-refractivity contribution is 0.0274. The summed E-state index contributed by atoms with van der Waals surface area (Å²) in [5.41, 5.74) is -0.441. The zero-order chi connectivity index (χ0) is 31.4. The first-order chi connectivity index (χ1) is 20.2. The fourth-order valence-electron chi connectivity index (χ4n) is 4.16. The SMILES string of the molecule is O=S(=O)(O)c1ccc2ccccc2c1S(=O)(=O)O.OC(COc1ccc(Cl)cc1)(c1cccnc1)c1ccc(Cl)cc1Cl. The Hall–Kier alpha value is -3.26. The quantitative estimate of drug-likeness (QED) is 0.160. The zero-order valence-corrected chi connectivity index (χ0v) is 25.7. The Morgan fingerprint density at radius 1 is 0.767 bits per heavy atom. The van der Waals surface area contributed by atoms with Gasteiger partial charge in [0.05, 0.1) is 0 Å². The summed E-state index contributed by atoms with van der Waals surface area (Å²) in [5.74, 6) is 0.580. The molecule has 0 radical (unpaired) electrons. The van der Waals surface area contributed by atoms with E-state index < -0.39 is 35.6 Å². The van der Waals surface area contributed by atoms with Crippen LogP contribution >= 0.6 is 34.8 Å². The summed E-state index contributed by atoms with van der Waals surface area (Å²) in [6, 6.07) is 23.6. The van der Waals surface area contributed by atoms with Gasteiger partial charge in [0, 0.05) is 44.0 Å². The van der Waals surface area contributed by atoms with Gasteiger partial charge in [-0.3, -0.25) is 14.1 Å². The number of halogens is 3. The van der Waals surface area contributed by atoms with Gasteiger partial charge in [0.25, 0.3) is 20.2 Å². The molecule has 0 saturated carbocycles. The number of aliphatic hydroxyl groups is 1. The number of nitrogens with zero attached hydrogens (tertiary/aromatic N) is 1. The third-order valence-electron chi connectivity index (χ3n) is 6.16. The van der Waals surface area contributed by atoms with Crippen LogP contribution in [0.5, 0.6) is 5.75 Å². The predicted molar refractivity (Wildman–Crippen MR) is 164 cm³/mol. The second kappa shape index (κ2) is 13.2. The standard InChI is InChI=1S/C19H14Cl3NO2.C10H8O6S2/c20-14-3-6-16(7-4-14)25-12-19(24,13-2-1-9-23-11-13)17-8-5-15(21)10-18(17)22;11-17(12,13)9-6-5-7-3-1-2-4-8(7)10(9)18(14,15)16/h1-11,24H,12H2;1-6H,(H,11,12,13)(H,14,15,16). The Bertz CT molecular complexity index is 1980. The Morgan fingerprint density at radius 3 is 2.05 bits per heavy atom. The monoisotopic (exact) mass is 681 g/mol. The van der Waals surface area contributed by atoms with Gasteiger partial charge in [0.2, 0.25) is 0 Å². The second-order valence-corrected chi connectivity index (χ2v) is 13.1. The van der Waals surface area contributed by atoms with Crippen molar-refractivity contribution in [3.05, 3.63) is 130 Å². The lowest BCUT2D eigenvalue weighted by Gasteiger charge is -2.30. The molecule has 0 aliphatic heterocycles. The van der Waals surface area contributed by atoms with Gasteiger partial charge >= 0.3 is 0 Å². The van der Waals surface area contributed by atoms with E-state index >= 15 is 0 Å². The van der Waals surface area contributed by atoms with Crippen LogP contribution in [0.1, 0.15) is 11.1 Å². The topological polar surface area (TPSA) is 151 Å². The van der Waals surface area contributed by atoms with Crippen molar-refractivity contribution in [1.29, 1.82) is 0 Å². The third kappa shape index (κ3) is 7.83. The molecule has 0 spiro atoms. The van der Waals surface area contributed by atoms with E-state index in [0.29, 0.717) is 37.3 Å². The first kappa shape index (κ1) is 32.6. The molecule has 1 heterocycles. The zero-order valence-electron chi connectivity index (χ0n) is 21.8. The van der Waals surface area contributed by atoms with Gasteiger partial charge in [-0.05, 0) is 53.9 Å². The Labute approximate surface area is 262 Å². The van der Waals surface area contributed by atoms with Crippen LogP contribution in [-0.4, -0.2) is 42.6 Å². The number of ether oxygens (including phenoxy) is 1. The fourth-order valence-corrected chi connectivity index (χ4v) is 6.85. The molecular weight excluding hydrogens is 661 g/mol. The van der Waals surface area contributed by atoms with E-state index in [-0.39, 0.29) is 12.0 Å². The van der Waals surface area contributed by atoms with Crippen LogP contribution in [-0.2, 0) is 25.8 Å². The van der Waals surface area contributed by atoms with E-state index in [1.54, 1.807) is 79.1 Å². The van der Waals surface area contributed by atoms with Crippen molar-refractivity contribution in [2.45, 2.75) is 15.4 Å². The number of benzene rings is 4. The summed E-state index contributed by atoms with van der Waals surface area (Å²) in [4.78, 5) is 2.43. The maximum atomic E-state index is 11.4. The molecule has 1 aromatic heterocycles. The predicted octanol–water partition coefficient (Wildman–Crippen LogP) is 6.69. The molecule has 0 aliphatic carbocycles.